The third kappa shape index (κ3) is 5.91. The Kier molecular flexibility index (Phi) is 6.65. The summed E-state index contributed by atoms with van der Waals surface area (Å²) in [6.45, 7) is 5.04. The summed E-state index contributed by atoms with van der Waals surface area (Å²) < 4.78 is 13.0. The van der Waals surface area contributed by atoms with Crippen molar-refractivity contribution in [3.05, 3.63) is 59.9 Å². The molecule has 7 heteroatoms. The van der Waals surface area contributed by atoms with E-state index in [2.05, 4.69) is 16.0 Å². The minimum Gasteiger partial charge on any atom is -0.340 e. The van der Waals surface area contributed by atoms with Crippen LogP contribution in [-0.2, 0) is 9.59 Å². The number of carbonyl (C=O) groups excluding carboxylic acids is 3. The molecule has 2 aromatic carbocycles. The Morgan fingerprint density at radius 1 is 0.852 bits per heavy atom. The van der Waals surface area contributed by atoms with Gasteiger partial charge in [-0.2, -0.15) is 0 Å². The molecule has 0 heterocycles. The zero-order chi connectivity index (χ0) is 20.0. The lowest BCUT2D eigenvalue weighted by Crippen LogP contribution is -2.47. The molecule has 0 fully saturated rings. The third-order valence-corrected chi connectivity index (χ3v) is 3.81. The third-order valence-electron chi connectivity index (χ3n) is 3.81. The highest BCUT2D eigenvalue weighted by Gasteiger charge is 2.24. The molecule has 0 radical (unpaired) electrons. The van der Waals surface area contributed by atoms with Gasteiger partial charge >= 0.3 is 0 Å². The lowest BCUT2D eigenvalue weighted by molar-refractivity contribution is -0.119. The van der Waals surface area contributed by atoms with Crippen molar-refractivity contribution < 1.29 is 18.8 Å². The van der Waals surface area contributed by atoms with Crippen molar-refractivity contribution >= 4 is 29.1 Å². The Balaban J connectivity index is 2.04. The van der Waals surface area contributed by atoms with Crippen LogP contribution in [0.15, 0.2) is 48.5 Å². The first kappa shape index (κ1) is 20.1. The van der Waals surface area contributed by atoms with Gasteiger partial charge in [-0.3, -0.25) is 14.4 Å². The van der Waals surface area contributed by atoms with Crippen molar-refractivity contribution in [2.45, 2.75) is 26.8 Å². The average molecular weight is 371 g/mol. The fraction of sp³-hybridized carbons (Fsp3) is 0.250. The Morgan fingerprint density at radius 2 is 1.37 bits per heavy atom. The summed E-state index contributed by atoms with van der Waals surface area (Å²) in [5.74, 6) is -1.60. The van der Waals surface area contributed by atoms with Gasteiger partial charge in [-0.15, -0.1) is 0 Å². The first-order valence-electron chi connectivity index (χ1n) is 8.51. The molecule has 142 valence electrons. The van der Waals surface area contributed by atoms with Crippen LogP contribution in [-0.4, -0.2) is 23.8 Å². The molecular formula is C20H22FN3O3. The molecule has 0 aliphatic carbocycles. The topological polar surface area (TPSA) is 87.3 Å². The van der Waals surface area contributed by atoms with Gasteiger partial charge in [-0.05, 0) is 54.4 Å². The second kappa shape index (κ2) is 8.93. The van der Waals surface area contributed by atoms with Gasteiger partial charge < -0.3 is 16.0 Å². The highest BCUT2D eigenvalue weighted by molar-refractivity contribution is 6.01. The van der Waals surface area contributed by atoms with Gasteiger partial charge in [0.25, 0.3) is 5.91 Å². The van der Waals surface area contributed by atoms with Crippen molar-refractivity contribution in [2.75, 3.05) is 10.6 Å². The monoisotopic (exact) mass is 371 g/mol. The largest absolute Gasteiger partial charge is 0.340 e. The number of anilines is 2. The van der Waals surface area contributed by atoms with E-state index >= 15 is 0 Å². The van der Waals surface area contributed by atoms with Crippen LogP contribution in [0.2, 0.25) is 0 Å². The maximum atomic E-state index is 13.0. The lowest BCUT2D eigenvalue weighted by Gasteiger charge is -2.22. The standard InChI is InChI=1S/C20H22FN3O3/c1-12(2)18(24-19(26)14-4-6-15(21)7-5-14)20(27)23-17-10-8-16(9-11-17)22-13(3)25/h4-12,18H,1-3H3,(H,22,25)(H,23,27)(H,24,26)/t18-/m1/s1. The maximum Gasteiger partial charge on any atom is 0.251 e. The van der Waals surface area contributed by atoms with E-state index in [9.17, 15) is 18.8 Å². The first-order chi connectivity index (χ1) is 12.8. The van der Waals surface area contributed by atoms with Gasteiger partial charge in [0, 0.05) is 23.9 Å². The second-order valence-electron chi connectivity index (χ2n) is 6.45. The van der Waals surface area contributed by atoms with E-state index in [0.29, 0.717) is 11.4 Å². The van der Waals surface area contributed by atoms with Crippen LogP contribution in [0.3, 0.4) is 0 Å². The average Bonchev–Trinajstić information content (AvgIpc) is 2.61. The van der Waals surface area contributed by atoms with Gasteiger partial charge in [0.1, 0.15) is 11.9 Å². The Labute approximate surface area is 157 Å². The van der Waals surface area contributed by atoms with Crippen molar-refractivity contribution in [3.63, 3.8) is 0 Å². The fourth-order valence-electron chi connectivity index (χ4n) is 2.42. The first-order valence-corrected chi connectivity index (χ1v) is 8.51. The molecule has 0 saturated heterocycles. The second-order valence-corrected chi connectivity index (χ2v) is 6.45. The van der Waals surface area contributed by atoms with Crippen LogP contribution in [0.1, 0.15) is 31.1 Å². The van der Waals surface area contributed by atoms with E-state index in [4.69, 9.17) is 0 Å². The van der Waals surface area contributed by atoms with Crippen molar-refractivity contribution in [2.24, 2.45) is 5.92 Å². The van der Waals surface area contributed by atoms with E-state index < -0.39 is 17.8 Å². The van der Waals surface area contributed by atoms with E-state index in [1.807, 2.05) is 13.8 Å². The van der Waals surface area contributed by atoms with Crippen LogP contribution in [0.4, 0.5) is 15.8 Å². The molecule has 3 amide bonds. The minimum atomic E-state index is -0.766. The summed E-state index contributed by atoms with van der Waals surface area (Å²) in [4.78, 5) is 35.9. The summed E-state index contributed by atoms with van der Waals surface area (Å²) >= 11 is 0. The molecule has 27 heavy (non-hydrogen) atoms. The molecule has 0 saturated carbocycles. The van der Waals surface area contributed by atoms with Crippen LogP contribution in [0, 0.1) is 11.7 Å². The molecule has 0 aliphatic heterocycles. The molecule has 1 atom stereocenters. The SMILES string of the molecule is CC(=O)Nc1ccc(NC(=O)[C@H](NC(=O)c2ccc(F)cc2)C(C)C)cc1. The van der Waals surface area contributed by atoms with Crippen LogP contribution >= 0.6 is 0 Å². The van der Waals surface area contributed by atoms with Gasteiger partial charge in [0.05, 0.1) is 0 Å². The fourth-order valence-corrected chi connectivity index (χ4v) is 2.42. The van der Waals surface area contributed by atoms with Gasteiger partial charge in [0.15, 0.2) is 0 Å². The van der Waals surface area contributed by atoms with E-state index in [1.54, 1.807) is 24.3 Å². The maximum absolute atomic E-state index is 13.0. The zero-order valence-corrected chi connectivity index (χ0v) is 15.4. The molecule has 0 spiro atoms. The predicted molar refractivity (Wildman–Crippen MR) is 102 cm³/mol. The smallest absolute Gasteiger partial charge is 0.251 e. The molecule has 3 N–H and O–H groups in total. The Morgan fingerprint density at radius 3 is 1.85 bits per heavy atom. The number of rotatable bonds is 6. The molecule has 0 aromatic heterocycles. The van der Waals surface area contributed by atoms with Gasteiger partial charge in [0.2, 0.25) is 11.8 Å². The van der Waals surface area contributed by atoms with E-state index in [0.717, 1.165) is 0 Å². The van der Waals surface area contributed by atoms with E-state index in [-0.39, 0.29) is 23.3 Å². The zero-order valence-electron chi connectivity index (χ0n) is 15.4. The highest BCUT2D eigenvalue weighted by Crippen LogP contribution is 2.15. The lowest BCUT2D eigenvalue weighted by atomic mass is 10.0. The Hall–Kier alpha value is -3.22. The summed E-state index contributed by atoms with van der Waals surface area (Å²) in [5, 5.41) is 8.06. The molecule has 0 aliphatic rings. The predicted octanol–water partition coefficient (Wildman–Crippen LogP) is 3.18. The number of amides is 3. The van der Waals surface area contributed by atoms with Crippen molar-refractivity contribution in [1.82, 2.24) is 5.32 Å². The number of hydrogen-bond donors (Lipinski definition) is 3. The molecule has 0 bridgehead atoms. The number of carbonyl (C=O) groups is 3. The van der Waals surface area contributed by atoms with Crippen molar-refractivity contribution in [1.29, 1.82) is 0 Å². The number of nitrogens with one attached hydrogen (secondary N) is 3. The molecule has 0 unspecified atom stereocenters. The number of benzene rings is 2. The summed E-state index contributed by atoms with van der Waals surface area (Å²) in [6.07, 6.45) is 0. The molecule has 6 nitrogen and oxygen atoms in total. The molecule has 2 rings (SSSR count). The highest BCUT2D eigenvalue weighted by atomic mass is 19.1. The molecular weight excluding hydrogens is 349 g/mol. The van der Waals surface area contributed by atoms with Gasteiger partial charge in [-0.1, -0.05) is 13.8 Å². The number of hydrogen-bond acceptors (Lipinski definition) is 3. The number of halogens is 1. The van der Waals surface area contributed by atoms with Crippen LogP contribution in [0.5, 0.6) is 0 Å². The molecule has 2 aromatic rings. The van der Waals surface area contributed by atoms with Gasteiger partial charge in [-0.25, -0.2) is 4.39 Å². The summed E-state index contributed by atoms with van der Waals surface area (Å²) in [5.41, 5.74) is 1.43. The summed E-state index contributed by atoms with van der Waals surface area (Å²) in [6, 6.07) is 11.0. The minimum absolute atomic E-state index is 0.159. The van der Waals surface area contributed by atoms with Crippen LogP contribution < -0.4 is 16.0 Å². The quantitative estimate of drug-likeness (QED) is 0.729. The normalized spacial score (nSPS) is 11.6. The van der Waals surface area contributed by atoms with Crippen LogP contribution in [0.25, 0.3) is 0 Å². The summed E-state index contributed by atoms with van der Waals surface area (Å²) in [7, 11) is 0. The van der Waals surface area contributed by atoms with Crippen molar-refractivity contribution in [3.8, 4) is 0 Å². The Bertz CT molecular complexity index is 817. The van der Waals surface area contributed by atoms with E-state index in [1.165, 1.54) is 31.2 Å².